The Kier molecular flexibility index (Phi) is 6.55. The molecule has 9 aromatic carbocycles. The maximum Gasteiger partial charge on any atom is 0.253 e. The van der Waals surface area contributed by atoms with E-state index >= 15 is 0 Å². The van der Waals surface area contributed by atoms with E-state index in [0.717, 1.165) is 39.6 Å². The average molecular weight is 782 g/mol. The molecule has 4 nitrogen and oxygen atoms in total. The molecule has 0 radical (unpaired) electrons. The highest BCUT2D eigenvalue weighted by Crippen LogP contribution is 2.44. The quantitative estimate of drug-likeness (QED) is 0.167. The van der Waals surface area contributed by atoms with Gasteiger partial charge in [-0.2, -0.15) is 0 Å². The van der Waals surface area contributed by atoms with Gasteiger partial charge in [0.15, 0.2) is 0 Å². The first-order chi connectivity index (χ1) is 29.8. The van der Waals surface area contributed by atoms with E-state index in [1.807, 2.05) is 11.8 Å². The molecule has 0 saturated carbocycles. The summed E-state index contributed by atoms with van der Waals surface area (Å²) < 4.78 is 14.3. The molecule has 3 aromatic heterocycles. The third-order valence-electron chi connectivity index (χ3n) is 12.9. The van der Waals surface area contributed by atoms with Crippen molar-refractivity contribution in [2.24, 2.45) is 0 Å². The highest BCUT2D eigenvalue weighted by atomic mass is 32.2. The van der Waals surface area contributed by atoms with Gasteiger partial charge in [-0.1, -0.05) is 145 Å². The van der Waals surface area contributed by atoms with Gasteiger partial charge in [-0.15, -0.1) is 0 Å². The summed E-state index contributed by atoms with van der Waals surface area (Å²) in [4.78, 5) is 2.53. The maximum atomic E-state index is 6.90. The summed E-state index contributed by atoms with van der Waals surface area (Å²) in [6.45, 7) is 0.111. The minimum absolute atomic E-state index is 0.111. The second-order valence-corrected chi connectivity index (χ2v) is 17.1. The van der Waals surface area contributed by atoms with E-state index in [9.17, 15) is 0 Å². The summed E-state index contributed by atoms with van der Waals surface area (Å²) in [6.07, 6.45) is 0. The van der Waals surface area contributed by atoms with Gasteiger partial charge in [0.2, 0.25) is 0 Å². The van der Waals surface area contributed by atoms with E-state index in [1.165, 1.54) is 80.6 Å². The SMILES string of the molecule is c1ccc2c(c1)Oc1cc(-n3c4ccccc4c4cc(-n5c6ccccc6c6ccccc65)c(-n5c6ccccc6c6ccccc65)cc43)cc3c1B2c1ccccc1S3. The molecule has 0 spiro atoms. The number of nitrogens with zero attached hydrogens (tertiary/aromatic N) is 3. The number of rotatable bonds is 3. The fourth-order valence-electron chi connectivity index (χ4n) is 10.5. The number of hydrogen-bond acceptors (Lipinski definition) is 2. The molecule has 0 unspecified atom stereocenters. The molecule has 0 amide bonds. The molecule has 60 heavy (non-hydrogen) atoms. The van der Waals surface area contributed by atoms with Crippen LogP contribution in [0.25, 0.3) is 82.5 Å². The van der Waals surface area contributed by atoms with Crippen molar-refractivity contribution in [2.75, 3.05) is 0 Å². The zero-order valence-corrected chi connectivity index (χ0v) is 33.0. The molecule has 0 saturated heterocycles. The number of para-hydroxylation sites is 6. The lowest BCUT2D eigenvalue weighted by Gasteiger charge is -2.33. The van der Waals surface area contributed by atoms with Crippen LogP contribution in [0, 0.1) is 0 Å². The Morgan fingerprint density at radius 3 is 1.42 bits per heavy atom. The van der Waals surface area contributed by atoms with Crippen LogP contribution in [-0.4, -0.2) is 20.4 Å². The monoisotopic (exact) mass is 781 g/mol. The third kappa shape index (κ3) is 4.33. The zero-order chi connectivity index (χ0) is 39.1. The van der Waals surface area contributed by atoms with Gasteiger partial charge in [0, 0.05) is 48.2 Å². The molecule has 0 aliphatic carbocycles. The molecule has 0 fully saturated rings. The Balaban J connectivity index is 1.12. The van der Waals surface area contributed by atoms with Gasteiger partial charge in [0.05, 0.1) is 50.2 Å². The topological polar surface area (TPSA) is 24.0 Å². The first-order valence-corrected chi connectivity index (χ1v) is 21.4. The fraction of sp³-hybridized carbons (Fsp3) is 0. The standard InChI is InChI=1S/C54H32BN3OS/c1-9-23-43-34(15-1)35-16-2-10-24-44(35)57(43)48-31-39-38-19-5-8-22-42(38)56(47(39)32-49(48)58-45-25-11-3-17-36(45)37-18-4-12-26-46(37)58)33-29-51-54-53(30-33)60-52-28-14-7-21-41(52)55(54)40-20-6-13-27-50(40)59-51/h1-32H. The summed E-state index contributed by atoms with van der Waals surface area (Å²) in [6, 6.07) is 71.2. The number of fused-ring (bicyclic) bond motifs is 13. The van der Waals surface area contributed by atoms with Crippen LogP contribution in [0.5, 0.6) is 11.5 Å². The Hall–Kier alpha value is -7.41. The molecular formula is C54H32BN3OS. The van der Waals surface area contributed by atoms with Crippen molar-refractivity contribution in [3.63, 3.8) is 0 Å². The molecule has 0 bridgehead atoms. The summed E-state index contributed by atoms with van der Waals surface area (Å²) in [5.41, 5.74) is 14.1. The van der Waals surface area contributed by atoms with Gasteiger partial charge in [-0.3, -0.25) is 0 Å². The van der Waals surface area contributed by atoms with Gasteiger partial charge in [0.1, 0.15) is 11.5 Å². The van der Waals surface area contributed by atoms with E-state index < -0.39 is 0 Å². The van der Waals surface area contributed by atoms with Crippen LogP contribution >= 0.6 is 11.8 Å². The van der Waals surface area contributed by atoms with E-state index in [-0.39, 0.29) is 6.71 Å². The molecule has 6 heteroatoms. The highest BCUT2D eigenvalue weighted by Gasteiger charge is 2.39. The smallest absolute Gasteiger partial charge is 0.253 e. The third-order valence-corrected chi connectivity index (χ3v) is 14.1. The van der Waals surface area contributed by atoms with E-state index in [1.54, 1.807) is 0 Å². The first kappa shape index (κ1) is 32.5. The van der Waals surface area contributed by atoms with Crippen molar-refractivity contribution in [3.05, 3.63) is 194 Å². The zero-order valence-electron chi connectivity index (χ0n) is 32.2. The minimum Gasteiger partial charge on any atom is -0.458 e. The average Bonchev–Trinajstić information content (AvgIpc) is 3.94. The van der Waals surface area contributed by atoms with Crippen LogP contribution in [0.15, 0.2) is 204 Å². The number of aromatic nitrogens is 3. The second-order valence-electron chi connectivity index (χ2n) is 16.0. The van der Waals surface area contributed by atoms with Crippen molar-refractivity contribution in [2.45, 2.75) is 9.79 Å². The highest BCUT2D eigenvalue weighted by molar-refractivity contribution is 8.00. The van der Waals surface area contributed by atoms with Crippen molar-refractivity contribution in [1.29, 1.82) is 0 Å². The summed E-state index contributed by atoms with van der Waals surface area (Å²) in [5.74, 6) is 1.84. The van der Waals surface area contributed by atoms with Gasteiger partial charge in [-0.25, -0.2) is 0 Å². The molecule has 0 N–H and O–H groups in total. The van der Waals surface area contributed by atoms with Crippen molar-refractivity contribution in [1.82, 2.24) is 13.7 Å². The van der Waals surface area contributed by atoms with E-state index in [0.29, 0.717) is 0 Å². The number of benzene rings is 9. The largest absolute Gasteiger partial charge is 0.458 e. The van der Waals surface area contributed by atoms with Crippen LogP contribution in [-0.2, 0) is 0 Å². The lowest BCUT2D eigenvalue weighted by atomic mass is 9.35. The number of ether oxygens (including phenoxy) is 1. The van der Waals surface area contributed by atoms with Crippen molar-refractivity contribution >= 4 is 100 Å². The van der Waals surface area contributed by atoms with Gasteiger partial charge in [-0.05, 0) is 71.6 Å². The normalized spacial score (nSPS) is 13.0. The van der Waals surface area contributed by atoms with Crippen LogP contribution in [0.4, 0.5) is 0 Å². The van der Waals surface area contributed by atoms with E-state index in [2.05, 4.69) is 208 Å². The van der Waals surface area contributed by atoms with Crippen LogP contribution in [0.3, 0.4) is 0 Å². The molecular weight excluding hydrogens is 749 g/mol. The minimum atomic E-state index is 0.111. The Morgan fingerprint density at radius 2 is 0.817 bits per heavy atom. The van der Waals surface area contributed by atoms with Crippen LogP contribution in [0.2, 0.25) is 0 Å². The van der Waals surface area contributed by atoms with Crippen LogP contribution < -0.4 is 21.1 Å². The fourth-order valence-corrected chi connectivity index (χ4v) is 11.7. The lowest BCUT2D eigenvalue weighted by molar-refractivity contribution is 0.486. The molecule has 2 aliphatic rings. The molecule has 14 rings (SSSR count). The van der Waals surface area contributed by atoms with E-state index in [4.69, 9.17) is 4.74 Å². The van der Waals surface area contributed by atoms with Crippen LogP contribution in [0.1, 0.15) is 0 Å². The number of hydrogen-bond donors (Lipinski definition) is 0. The Morgan fingerprint density at radius 1 is 0.350 bits per heavy atom. The summed E-state index contributed by atoms with van der Waals surface area (Å²) >= 11 is 1.85. The molecule has 2 aliphatic heterocycles. The molecule has 278 valence electrons. The van der Waals surface area contributed by atoms with Crippen molar-refractivity contribution < 1.29 is 4.74 Å². The van der Waals surface area contributed by atoms with Gasteiger partial charge in [0.25, 0.3) is 6.71 Å². The Labute approximate surface area is 349 Å². The predicted octanol–water partition coefficient (Wildman–Crippen LogP) is 12.1. The summed E-state index contributed by atoms with van der Waals surface area (Å²) in [5, 5.41) is 7.36. The Bertz CT molecular complexity index is 3640. The molecule has 12 aromatic rings. The second kappa shape index (κ2) is 12.1. The summed E-state index contributed by atoms with van der Waals surface area (Å²) in [7, 11) is 0. The van der Waals surface area contributed by atoms with Gasteiger partial charge >= 0.3 is 0 Å². The van der Waals surface area contributed by atoms with Gasteiger partial charge < -0.3 is 18.4 Å². The predicted molar refractivity (Wildman–Crippen MR) is 251 cm³/mol. The maximum absolute atomic E-state index is 6.90. The molecule has 0 atom stereocenters. The first-order valence-electron chi connectivity index (χ1n) is 20.5. The lowest BCUT2D eigenvalue weighted by Crippen LogP contribution is -2.57. The van der Waals surface area contributed by atoms with Crippen molar-refractivity contribution in [3.8, 4) is 28.6 Å². The molecule has 5 heterocycles.